The Kier molecular flexibility index (Phi) is 4.61. The Morgan fingerprint density at radius 2 is 2.07 bits per heavy atom. The monoisotopic (exact) mass is 380 g/mol. The number of carbonyl (C=O) groups excluding carboxylic acids is 1. The van der Waals surface area contributed by atoms with Crippen molar-refractivity contribution >= 4 is 23.2 Å². The molecule has 0 spiro atoms. The number of hydrogen-bond acceptors (Lipinski definition) is 5. The van der Waals surface area contributed by atoms with Gasteiger partial charge in [-0.25, -0.2) is 0 Å². The van der Waals surface area contributed by atoms with Crippen LogP contribution in [-0.4, -0.2) is 30.2 Å². The molecule has 0 aliphatic heterocycles. The van der Waals surface area contributed by atoms with Gasteiger partial charge in [0, 0.05) is 23.1 Å². The Morgan fingerprint density at radius 1 is 1.22 bits per heavy atom. The van der Waals surface area contributed by atoms with Crippen LogP contribution in [0.3, 0.4) is 0 Å². The highest BCUT2D eigenvalue weighted by Crippen LogP contribution is 2.27. The molecule has 0 fully saturated rings. The van der Waals surface area contributed by atoms with Crippen molar-refractivity contribution < 1.29 is 9.21 Å². The predicted octanol–water partition coefficient (Wildman–Crippen LogP) is 4.15. The standard InChI is InChI=1S/C20H20N4O2S/c1-13-11-17(14(2)24(13)12-16-7-6-10-26-16)19(25)15(3)27-20-22-21-18-8-4-5-9-23(18)20/h4-11,15H,12H2,1-3H3. The number of furan rings is 1. The van der Waals surface area contributed by atoms with Gasteiger partial charge in [0.25, 0.3) is 0 Å². The smallest absolute Gasteiger partial charge is 0.196 e. The van der Waals surface area contributed by atoms with E-state index in [-0.39, 0.29) is 11.0 Å². The first-order valence-electron chi connectivity index (χ1n) is 8.74. The molecule has 0 N–H and O–H groups in total. The molecule has 7 heteroatoms. The van der Waals surface area contributed by atoms with Crippen LogP contribution in [-0.2, 0) is 6.54 Å². The zero-order chi connectivity index (χ0) is 19.0. The van der Waals surface area contributed by atoms with Crippen molar-refractivity contribution in [2.45, 2.75) is 37.7 Å². The van der Waals surface area contributed by atoms with Gasteiger partial charge in [-0.05, 0) is 51.1 Å². The topological polar surface area (TPSA) is 65.3 Å². The van der Waals surface area contributed by atoms with Gasteiger partial charge in [-0.1, -0.05) is 17.8 Å². The van der Waals surface area contributed by atoms with E-state index in [0.29, 0.717) is 6.54 Å². The van der Waals surface area contributed by atoms with E-state index in [4.69, 9.17) is 4.42 Å². The summed E-state index contributed by atoms with van der Waals surface area (Å²) in [5.41, 5.74) is 3.51. The van der Waals surface area contributed by atoms with Crippen LogP contribution in [0.5, 0.6) is 0 Å². The quantitative estimate of drug-likeness (QED) is 0.371. The molecular weight excluding hydrogens is 360 g/mol. The van der Waals surface area contributed by atoms with Crippen LogP contribution in [0.4, 0.5) is 0 Å². The van der Waals surface area contributed by atoms with Crippen molar-refractivity contribution in [3.05, 3.63) is 71.6 Å². The number of ketones is 1. The Bertz CT molecular complexity index is 1090. The highest BCUT2D eigenvalue weighted by Gasteiger charge is 2.23. The molecule has 1 atom stereocenters. The molecule has 0 aromatic carbocycles. The second-order valence-corrected chi connectivity index (χ2v) is 7.79. The maximum absolute atomic E-state index is 13.1. The molecule has 0 saturated carbocycles. The molecule has 4 aromatic heterocycles. The van der Waals surface area contributed by atoms with E-state index in [1.807, 2.05) is 67.8 Å². The van der Waals surface area contributed by atoms with Crippen LogP contribution >= 0.6 is 11.8 Å². The second-order valence-electron chi connectivity index (χ2n) is 6.49. The van der Waals surface area contributed by atoms with Gasteiger partial charge in [-0.2, -0.15) is 0 Å². The lowest BCUT2D eigenvalue weighted by Gasteiger charge is -2.10. The molecule has 0 radical (unpaired) electrons. The number of nitrogens with zero attached hydrogens (tertiary/aromatic N) is 4. The minimum absolute atomic E-state index is 0.0893. The fraction of sp³-hybridized carbons (Fsp3) is 0.250. The van der Waals surface area contributed by atoms with Crippen LogP contribution < -0.4 is 0 Å². The zero-order valence-electron chi connectivity index (χ0n) is 15.4. The number of hydrogen-bond donors (Lipinski definition) is 0. The van der Waals surface area contributed by atoms with E-state index in [2.05, 4.69) is 14.8 Å². The van der Waals surface area contributed by atoms with Gasteiger partial charge in [-0.15, -0.1) is 10.2 Å². The number of thioether (sulfide) groups is 1. The average Bonchev–Trinajstić information content (AvgIpc) is 3.38. The van der Waals surface area contributed by atoms with E-state index in [1.54, 1.807) is 6.26 Å². The van der Waals surface area contributed by atoms with E-state index < -0.39 is 0 Å². The first-order chi connectivity index (χ1) is 13.0. The van der Waals surface area contributed by atoms with E-state index >= 15 is 0 Å². The molecule has 27 heavy (non-hydrogen) atoms. The molecular formula is C20H20N4O2S. The fourth-order valence-corrected chi connectivity index (χ4v) is 4.09. The SMILES string of the molecule is Cc1cc(C(=O)C(C)Sc2nnc3ccccn23)c(C)n1Cc1ccco1. The molecule has 4 heterocycles. The third kappa shape index (κ3) is 3.30. The zero-order valence-corrected chi connectivity index (χ0v) is 16.2. The summed E-state index contributed by atoms with van der Waals surface area (Å²) in [6, 6.07) is 11.5. The summed E-state index contributed by atoms with van der Waals surface area (Å²) in [5.74, 6) is 0.958. The lowest BCUT2D eigenvalue weighted by atomic mass is 10.1. The predicted molar refractivity (Wildman–Crippen MR) is 104 cm³/mol. The number of carbonyl (C=O) groups is 1. The number of fused-ring (bicyclic) bond motifs is 1. The molecule has 1 unspecified atom stereocenters. The van der Waals surface area contributed by atoms with Gasteiger partial charge in [-0.3, -0.25) is 9.20 Å². The Morgan fingerprint density at radius 3 is 2.85 bits per heavy atom. The maximum atomic E-state index is 13.1. The second kappa shape index (κ2) is 7.08. The summed E-state index contributed by atoms with van der Waals surface area (Å²) >= 11 is 1.42. The van der Waals surface area contributed by atoms with E-state index in [0.717, 1.165) is 33.5 Å². The summed E-state index contributed by atoms with van der Waals surface area (Å²) in [5, 5.41) is 8.81. The number of aryl methyl sites for hydroxylation is 1. The third-order valence-electron chi connectivity index (χ3n) is 4.67. The van der Waals surface area contributed by atoms with Crippen LogP contribution in [0, 0.1) is 13.8 Å². The summed E-state index contributed by atoms with van der Waals surface area (Å²) in [6.07, 6.45) is 3.57. The van der Waals surface area contributed by atoms with E-state index in [9.17, 15) is 4.79 Å². The van der Waals surface area contributed by atoms with Gasteiger partial charge < -0.3 is 8.98 Å². The van der Waals surface area contributed by atoms with Crippen LogP contribution in [0.1, 0.15) is 34.4 Å². The molecule has 0 saturated heterocycles. The molecule has 0 bridgehead atoms. The number of Topliss-reactive ketones (excluding diaryl/α,β-unsaturated/α-hetero) is 1. The minimum atomic E-state index is -0.268. The fourth-order valence-electron chi connectivity index (χ4n) is 3.18. The molecule has 0 amide bonds. The van der Waals surface area contributed by atoms with Crippen molar-refractivity contribution in [2.24, 2.45) is 0 Å². The van der Waals surface area contributed by atoms with Crippen LogP contribution in [0.2, 0.25) is 0 Å². The van der Waals surface area contributed by atoms with Gasteiger partial charge in [0.15, 0.2) is 16.6 Å². The highest BCUT2D eigenvalue weighted by molar-refractivity contribution is 8.00. The van der Waals surface area contributed by atoms with Gasteiger partial charge in [0.05, 0.1) is 18.1 Å². The van der Waals surface area contributed by atoms with Gasteiger partial charge in [0.1, 0.15) is 5.76 Å². The first-order valence-corrected chi connectivity index (χ1v) is 9.62. The maximum Gasteiger partial charge on any atom is 0.196 e. The third-order valence-corrected chi connectivity index (χ3v) is 5.72. The summed E-state index contributed by atoms with van der Waals surface area (Å²) in [7, 11) is 0. The number of aromatic nitrogens is 4. The van der Waals surface area contributed by atoms with Crippen molar-refractivity contribution in [3.8, 4) is 0 Å². The molecule has 0 aliphatic carbocycles. The molecule has 138 valence electrons. The van der Waals surface area contributed by atoms with E-state index in [1.165, 1.54) is 11.8 Å². The summed E-state index contributed by atoms with van der Waals surface area (Å²) < 4.78 is 9.45. The minimum Gasteiger partial charge on any atom is -0.467 e. The molecule has 4 aromatic rings. The normalized spacial score (nSPS) is 12.6. The Labute approximate surface area is 161 Å². The Balaban J connectivity index is 1.57. The highest BCUT2D eigenvalue weighted by atomic mass is 32.2. The summed E-state index contributed by atoms with van der Waals surface area (Å²) in [6.45, 7) is 6.52. The van der Waals surface area contributed by atoms with Gasteiger partial charge >= 0.3 is 0 Å². The van der Waals surface area contributed by atoms with Crippen LogP contribution in [0.25, 0.3) is 5.65 Å². The average molecular weight is 380 g/mol. The summed E-state index contributed by atoms with van der Waals surface area (Å²) in [4.78, 5) is 13.1. The lowest BCUT2D eigenvalue weighted by molar-refractivity contribution is 0.0993. The largest absolute Gasteiger partial charge is 0.467 e. The van der Waals surface area contributed by atoms with Crippen molar-refractivity contribution in [1.82, 2.24) is 19.2 Å². The number of rotatable bonds is 6. The molecule has 6 nitrogen and oxygen atoms in total. The Hall–Kier alpha value is -2.80. The first kappa shape index (κ1) is 17.6. The van der Waals surface area contributed by atoms with Crippen LogP contribution in [0.15, 0.2) is 58.4 Å². The molecule has 0 aliphatic rings. The van der Waals surface area contributed by atoms with Crippen molar-refractivity contribution in [2.75, 3.05) is 0 Å². The lowest BCUT2D eigenvalue weighted by Crippen LogP contribution is -2.15. The molecule has 4 rings (SSSR count). The van der Waals surface area contributed by atoms with Crippen molar-refractivity contribution in [1.29, 1.82) is 0 Å². The number of pyridine rings is 1. The van der Waals surface area contributed by atoms with Gasteiger partial charge in [0.2, 0.25) is 0 Å². The van der Waals surface area contributed by atoms with Crippen molar-refractivity contribution in [3.63, 3.8) is 0 Å².